The molecule has 3 nitrogen and oxygen atoms in total. The van der Waals surface area contributed by atoms with Crippen LogP contribution < -0.4 is 0 Å². The summed E-state index contributed by atoms with van der Waals surface area (Å²) in [7, 11) is 0. The first-order chi connectivity index (χ1) is 4.43. The molecule has 0 aliphatic heterocycles. The van der Waals surface area contributed by atoms with Crippen molar-refractivity contribution in [1.29, 1.82) is 5.26 Å². The lowest BCUT2D eigenvalue weighted by Crippen LogP contribution is -1.70. The molecule has 1 heterocycles. The molecule has 0 fully saturated rings. The van der Waals surface area contributed by atoms with Crippen LogP contribution in [0, 0.1) is 11.3 Å². The van der Waals surface area contributed by atoms with Gasteiger partial charge in [-0.05, 0) is 0 Å². The van der Waals surface area contributed by atoms with Gasteiger partial charge in [0.05, 0.1) is 18.0 Å². The number of aromatic nitrogens is 1. The van der Waals surface area contributed by atoms with Gasteiger partial charge in [-0.15, -0.1) is 0 Å². The summed E-state index contributed by atoms with van der Waals surface area (Å²) in [5.74, 6) is 0.389. The second-order valence-electron chi connectivity index (χ2n) is 1.24. The van der Waals surface area contributed by atoms with Gasteiger partial charge in [-0.1, -0.05) is 11.8 Å². The van der Waals surface area contributed by atoms with Crippen LogP contribution in [0.2, 0.25) is 0 Å². The minimum atomic E-state index is 0.389. The zero-order valence-electron chi connectivity index (χ0n) is 4.57. The van der Waals surface area contributed by atoms with E-state index in [0.717, 1.165) is 0 Å². The van der Waals surface area contributed by atoms with Crippen molar-refractivity contribution in [2.24, 2.45) is 0 Å². The van der Waals surface area contributed by atoms with E-state index in [-0.39, 0.29) is 0 Å². The number of thioether (sulfide) groups is 1. The molecule has 46 valence electrons. The third kappa shape index (κ3) is 1.78. The lowest BCUT2D eigenvalue weighted by atomic mass is 10.9. The molecule has 0 unspecified atom stereocenters. The summed E-state index contributed by atoms with van der Waals surface area (Å²) in [5.41, 5.74) is 0. The normalized spacial score (nSPS) is 8.78. The summed E-state index contributed by atoms with van der Waals surface area (Å²) in [6.45, 7) is 0. The third-order valence-electron chi connectivity index (χ3n) is 0.670. The van der Waals surface area contributed by atoms with E-state index in [0.29, 0.717) is 11.0 Å². The summed E-state index contributed by atoms with van der Waals surface area (Å²) in [5, 5.41) is 8.68. The molecule has 0 amide bonds. The molecule has 9 heavy (non-hydrogen) atoms. The molecule has 0 atom stereocenters. The molecule has 1 rings (SSSR count). The van der Waals surface area contributed by atoms with Crippen LogP contribution in [0.3, 0.4) is 0 Å². The van der Waals surface area contributed by atoms with Crippen LogP contribution in [0.5, 0.6) is 0 Å². The van der Waals surface area contributed by atoms with Gasteiger partial charge in [-0.2, -0.15) is 5.26 Å². The highest BCUT2D eigenvalue weighted by molar-refractivity contribution is 7.99. The largest absolute Gasteiger partial charge is 0.440 e. The van der Waals surface area contributed by atoms with E-state index in [9.17, 15) is 0 Å². The minimum Gasteiger partial charge on any atom is -0.440 e. The molecule has 1 aromatic rings. The van der Waals surface area contributed by atoms with Gasteiger partial charge >= 0.3 is 0 Å². The van der Waals surface area contributed by atoms with E-state index >= 15 is 0 Å². The quantitative estimate of drug-likeness (QED) is 0.581. The summed E-state index contributed by atoms with van der Waals surface area (Å²) in [6, 6.07) is 1.97. The van der Waals surface area contributed by atoms with Crippen LogP contribution in [0.25, 0.3) is 0 Å². The average molecular weight is 140 g/mol. The Morgan fingerprint density at radius 1 is 1.89 bits per heavy atom. The standard InChI is InChI=1S/C5H4N2OS/c6-1-4-9-5-7-2-3-8-5/h2-3H,4H2. The molecule has 0 aliphatic carbocycles. The van der Waals surface area contributed by atoms with Crippen molar-refractivity contribution in [3.63, 3.8) is 0 Å². The van der Waals surface area contributed by atoms with E-state index < -0.39 is 0 Å². The minimum absolute atomic E-state index is 0.389. The number of hydrogen-bond donors (Lipinski definition) is 0. The van der Waals surface area contributed by atoms with Gasteiger partial charge < -0.3 is 4.42 Å². The lowest BCUT2D eigenvalue weighted by Gasteiger charge is -1.82. The van der Waals surface area contributed by atoms with Gasteiger partial charge in [-0.3, -0.25) is 0 Å². The van der Waals surface area contributed by atoms with Crippen molar-refractivity contribution in [3.8, 4) is 6.07 Å². The van der Waals surface area contributed by atoms with Crippen LogP contribution in [0.1, 0.15) is 0 Å². The molecule has 0 aromatic carbocycles. The second kappa shape index (κ2) is 3.15. The van der Waals surface area contributed by atoms with Gasteiger partial charge in [0.15, 0.2) is 0 Å². The zero-order valence-corrected chi connectivity index (χ0v) is 5.39. The van der Waals surface area contributed by atoms with E-state index in [1.807, 2.05) is 6.07 Å². The van der Waals surface area contributed by atoms with E-state index in [1.54, 1.807) is 6.20 Å². The molecule has 0 saturated carbocycles. The summed E-state index contributed by atoms with van der Waals surface area (Å²) >= 11 is 1.29. The number of hydrogen-bond acceptors (Lipinski definition) is 4. The zero-order chi connectivity index (χ0) is 6.53. The Balaban J connectivity index is 2.41. The topological polar surface area (TPSA) is 49.8 Å². The molecule has 0 saturated heterocycles. The van der Waals surface area contributed by atoms with Crippen molar-refractivity contribution in [1.82, 2.24) is 4.98 Å². The predicted octanol–water partition coefficient (Wildman–Crippen LogP) is 1.29. The summed E-state index contributed by atoms with van der Waals surface area (Å²) < 4.78 is 4.84. The molecule has 0 N–H and O–H groups in total. The molecule has 0 bridgehead atoms. The number of rotatable bonds is 2. The molecule has 0 aliphatic rings. The van der Waals surface area contributed by atoms with Crippen molar-refractivity contribution < 1.29 is 4.42 Å². The second-order valence-corrected chi connectivity index (χ2v) is 2.17. The first kappa shape index (κ1) is 6.17. The third-order valence-corrected chi connectivity index (χ3v) is 1.39. The van der Waals surface area contributed by atoms with Crippen LogP contribution in [-0.4, -0.2) is 10.7 Å². The Labute approximate surface area is 56.7 Å². The first-order valence-corrected chi connectivity index (χ1v) is 3.31. The number of nitrogens with zero attached hydrogens (tertiary/aromatic N) is 2. The Morgan fingerprint density at radius 2 is 2.78 bits per heavy atom. The lowest BCUT2D eigenvalue weighted by molar-refractivity contribution is 0.454. The Kier molecular flexibility index (Phi) is 2.16. The first-order valence-electron chi connectivity index (χ1n) is 2.32. The Hall–Kier alpha value is -0.950. The molecular formula is C5H4N2OS. The van der Waals surface area contributed by atoms with E-state index in [1.165, 1.54) is 18.0 Å². The highest BCUT2D eigenvalue weighted by Gasteiger charge is 1.94. The average Bonchev–Trinajstić information content (AvgIpc) is 2.34. The van der Waals surface area contributed by atoms with Crippen molar-refractivity contribution >= 4 is 11.8 Å². The van der Waals surface area contributed by atoms with Gasteiger partial charge in [-0.25, -0.2) is 4.98 Å². The Morgan fingerprint density at radius 3 is 3.33 bits per heavy atom. The maximum atomic E-state index is 8.12. The van der Waals surface area contributed by atoms with Crippen molar-refractivity contribution in [2.75, 3.05) is 5.75 Å². The van der Waals surface area contributed by atoms with Crippen molar-refractivity contribution in [2.45, 2.75) is 5.22 Å². The summed E-state index contributed by atoms with van der Waals surface area (Å²) in [4.78, 5) is 3.80. The molecule has 1 aromatic heterocycles. The fourth-order valence-electron chi connectivity index (χ4n) is 0.376. The van der Waals surface area contributed by atoms with Gasteiger partial charge in [0.1, 0.15) is 6.26 Å². The van der Waals surface area contributed by atoms with Gasteiger partial charge in [0, 0.05) is 0 Å². The van der Waals surface area contributed by atoms with Gasteiger partial charge in [0.25, 0.3) is 5.22 Å². The maximum absolute atomic E-state index is 8.12. The van der Waals surface area contributed by atoms with Crippen LogP contribution >= 0.6 is 11.8 Å². The fraction of sp³-hybridized carbons (Fsp3) is 0.200. The van der Waals surface area contributed by atoms with E-state index in [4.69, 9.17) is 9.68 Å². The monoisotopic (exact) mass is 140 g/mol. The number of nitriles is 1. The summed E-state index contributed by atoms with van der Waals surface area (Å²) in [6.07, 6.45) is 3.04. The van der Waals surface area contributed by atoms with E-state index in [2.05, 4.69) is 4.98 Å². The number of oxazole rings is 1. The molecular weight excluding hydrogens is 136 g/mol. The fourth-order valence-corrected chi connectivity index (χ4v) is 0.823. The van der Waals surface area contributed by atoms with Crippen LogP contribution in [-0.2, 0) is 0 Å². The Bertz CT molecular complexity index is 201. The SMILES string of the molecule is N#CCSc1ncco1. The highest BCUT2D eigenvalue weighted by atomic mass is 32.2. The maximum Gasteiger partial charge on any atom is 0.256 e. The van der Waals surface area contributed by atoms with Crippen LogP contribution in [0.4, 0.5) is 0 Å². The van der Waals surface area contributed by atoms with Crippen molar-refractivity contribution in [3.05, 3.63) is 12.5 Å². The highest BCUT2D eigenvalue weighted by Crippen LogP contribution is 2.12. The molecule has 4 heteroatoms. The predicted molar refractivity (Wildman–Crippen MR) is 32.8 cm³/mol. The molecule has 0 radical (unpaired) electrons. The van der Waals surface area contributed by atoms with Gasteiger partial charge in [0.2, 0.25) is 0 Å². The van der Waals surface area contributed by atoms with Crippen LogP contribution in [0.15, 0.2) is 22.1 Å². The molecule has 0 spiro atoms. The smallest absolute Gasteiger partial charge is 0.256 e.